The lowest BCUT2D eigenvalue weighted by atomic mass is 10.1. The van der Waals surface area contributed by atoms with Crippen molar-refractivity contribution in [1.82, 2.24) is 0 Å². The highest BCUT2D eigenvalue weighted by Crippen LogP contribution is 2.43. The Bertz CT molecular complexity index is 1530. The van der Waals surface area contributed by atoms with E-state index in [0.29, 0.717) is 25.7 Å². The smallest absolute Gasteiger partial charge is 0.462 e. The van der Waals surface area contributed by atoms with Crippen molar-refractivity contribution in [2.75, 3.05) is 26.4 Å². The van der Waals surface area contributed by atoms with Gasteiger partial charge in [0.1, 0.15) is 12.7 Å². The van der Waals surface area contributed by atoms with Crippen molar-refractivity contribution in [3.8, 4) is 0 Å². The molecule has 0 heterocycles. The van der Waals surface area contributed by atoms with Gasteiger partial charge in [-0.25, -0.2) is 4.57 Å². The van der Waals surface area contributed by atoms with Gasteiger partial charge in [0.2, 0.25) is 0 Å². The van der Waals surface area contributed by atoms with Crippen molar-refractivity contribution in [1.29, 1.82) is 0 Å². The van der Waals surface area contributed by atoms with Crippen LogP contribution in [0.4, 0.5) is 0 Å². The van der Waals surface area contributed by atoms with Gasteiger partial charge in [-0.2, -0.15) is 0 Å². The van der Waals surface area contributed by atoms with E-state index in [1.807, 2.05) is 6.08 Å². The van der Waals surface area contributed by atoms with Crippen molar-refractivity contribution in [3.63, 3.8) is 0 Å². The molecule has 0 radical (unpaired) electrons. The molecule has 2 N–H and O–H groups in total. The van der Waals surface area contributed by atoms with Crippen LogP contribution in [-0.4, -0.2) is 66.5 Å². The first kappa shape index (κ1) is 68.7. The third-order valence-corrected chi connectivity index (χ3v) is 12.7. The minimum Gasteiger partial charge on any atom is -0.462 e. The molecule has 72 heavy (non-hydrogen) atoms. The number of unbranched alkanes of at least 4 members (excludes halogenated alkanes) is 21. The predicted octanol–water partition coefficient (Wildman–Crippen LogP) is 16.7. The number of carbonyl (C=O) groups is 3. The molecule has 11 nitrogen and oxygen atoms in total. The lowest BCUT2D eigenvalue weighted by molar-refractivity contribution is -0.161. The van der Waals surface area contributed by atoms with Crippen LogP contribution < -0.4 is 0 Å². The first-order chi connectivity index (χ1) is 35.2. The van der Waals surface area contributed by atoms with Gasteiger partial charge in [-0.15, -0.1) is 0 Å². The van der Waals surface area contributed by atoms with Gasteiger partial charge >= 0.3 is 25.7 Å². The van der Waals surface area contributed by atoms with Crippen LogP contribution in [0.2, 0.25) is 0 Å². The standard InChI is InChI=1S/C60H103O11P/c1-4-7-10-13-16-19-22-25-27-28-30-32-34-37-40-43-46-49-58(62)67-53-57(71-60(64)51-48-45-42-39-36-33-29-26-23-20-17-14-11-8-5-2)55-69-72(65,66)68-54-56(52-61)70-59(63)50-47-44-41-38-35-31-24-21-18-15-12-9-6-3/h7,10,16,19,21,24-27,29-30,32,37,40,56-57,61H,4-6,8-9,11-15,17-18,20,22-23,28,31,33-36,38-39,41-55H2,1-3H3,(H,65,66)/b10-7-,19-16-,24-21-,27-25-,29-26-,32-30-,40-37-. The van der Waals surface area contributed by atoms with Crippen LogP contribution in [0, 0.1) is 0 Å². The predicted molar refractivity (Wildman–Crippen MR) is 298 cm³/mol. The highest BCUT2D eigenvalue weighted by Gasteiger charge is 2.28. The summed E-state index contributed by atoms with van der Waals surface area (Å²) in [4.78, 5) is 48.5. The number of phosphoric acid groups is 1. The Morgan fingerprint density at radius 2 is 0.736 bits per heavy atom. The third-order valence-electron chi connectivity index (χ3n) is 11.8. The summed E-state index contributed by atoms with van der Waals surface area (Å²) in [7, 11) is -4.76. The first-order valence-electron chi connectivity index (χ1n) is 28.5. The Hall–Kier alpha value is -3.34. The third kappa shape index (κ3) is 51.6. The van der Waals surface area contributed by atoms with E-state index in [-0.39, 0.29) is 25.9 Å². The Kier molecular flexibility index (Phi) is 51.4. The van der Waals surface area contributed by atoms with Crippen LogP contribution in [0.5, 0.6) is 0 Å². The van der Waals surface area contributed by atoms with Crippen molar-refractivity contribution < 1.29 is 52.2 Å². The summed E-state index contributed by atoms with van der Waals surface area (Å²) >= 11 is 0. The summed E-state index contributed by atoms with van der Waals surface area (Å²) in [6, 6.07) is 0. The first-order valence-corrected chi connectivity index (χ1v) is 30.0. The van der Waals surface area contributed by atoms with E-state index in [2.05, 4.69) is 99.8 Å². The number of carbonyl (C=O) groups excluding carboxylic acids is 3. The molecule has 0 fully saturated rings. The molecule has 0 saturated heterocycles. The fourth-order valence-electron chi connectivity index (χ4n) is 7.44. The summed E-state index contributed by atoms with van der Waals surface area (Å²) in [5.41, 5.74) is 0. The normalized spacial score (nSPS) is 14.0. The lowest BCUT2D eigenvalue weighted by Crippen LogP contribution is -2.30. The zero-order chi connectivity index (χ0) is 52.7. The second-order valence-corrected chi connectivity index (χ2v) is 20.2. The van der Waals surface area contributed by atoms with Gasteiger partial charge in [0.25, 0.3) is 0 Å². The van der Waals surface area contributed by atoms with E-state index in [9.17, 15) is 28.9 Å². The van der Waals surface area contributed by atoms with E-state index in [4.69, 9.17) is 23.3 Å². The molecule has 0 spiro atoms. The summed E-state index contributed by atoms with van der Waals surface area (Å²) in [6.45, 7) is 4.43. The van der Waals surface area contributed by atoms with E-state index in [1.54, 1.807) is 0 Å². The van der Waals surface area contributed by atoms with Gasteiger partial charge in [0.15, 0.2) is 6.10 Å². The molecule has 414 valence electrons. The molecular formula is C60H103O11P. The topological polar surface area (TPSA) is 155 Å². The molecule has 0 aromatic carbocycles. The zero-order valence-corrected chi connectivity index (χ0v) is 46.5. The SMILES string of the molecule is CC/C=C\C/C=C\C/C=C\C/C=C\C/C=C\CCCC(=O)OCC(COP(=O)(O)OCC(CO)OC(=O)CCCCCCC/C=C\CCCCCC)OC(=O)CCCCCCC/C=C\CCCCCCCC. The Balaban J connectivity index is 4.83. The highest BCUT2D eigenvalue weighted by molar-refractivity contribution is 7.47. The number of hydrogen-bond donors (Lipinski definition) is 2. The van der Waals surface area contributed by atoms with Gasteiger partial charge < -0.3 is 24.2 Å². The molecule has 0 aliphatic rings. The minimum atomic E-state index is -4.76. The van der Waals surface area contributed by atoms with E-state index in [0.717, 1.165) is 109 Å². The lowest BCUT2D eigenvalue weighted by Gasteiger charge is -2.21. The molecule has 0 rings (SSSR count). The van der Waals surface area contributed by atoms with E-state index >= 15 is 0 Å². The molecule has 0 aliphatic carbocycles. The molecule has 0 saturated carbocycles. The van der Waals surface area contributed by atoms with Crippen molar-refractivity contribution in [3.05, 3.63) is 85.1 Å². The van der Waals surface area contributed by atoms with Crippen molar-refractivity contribution in [2.24, 2.45) is 0 Å². The number of phosphoric ester groups is 1. The molecule has 0 aromatic heterocycles. The Morgan fingerprint density at radius 1 is 0.403 bits per heavy atom. The van der Waals surface area contributed by atoms with Gasteiger partial charge in [-0.05, 0) is 109 Å². The average Bonchev–Trinajstić information content (AvgIpc) is 3.37. The molecule has 12 heteroatoms. The average molecular weight is 1030 g/mol. The van der Waals surface area contributed by atoms with Crippen LogP contribution in [-0.2, 0) is 42.2 Å². The quantitative estimate of drug-likeness (QED) is 0.0197. The molecule has 0 aliphatic heterocycles. The van der Waals surface area contributed by atoms with E-state index < -0.39 is 57.8 Å². The summed E-state index contributed by atoms with van der Waals surface area (Å²) < 4.78 is 39.4. The van der Waals surface area contributed by atoms with Crippen LogP contribution >= 0.6 is 7.82 Å². The maximum absolute atomic E-state index is 12.9. The highest BCUT2D eigenvalue weighted by atomic mass is 31.2. The van der Waals surface area contributed by atoms with Crippen LogP contribution in [0.1, 0.15) is 239 Å². The van der Waals surface area contributed by atoms with Gasteiger partial charge in [-0.1, -0.05) is 196 Å². The number of ether oxygens (including phenoxy) is 3. The molecule has 0 bridgehead atoms. The number of esters is 3. The molecule has 3 atom stereocenters. The number of aliphatic hydroxyl groups excluding tert-OH is 1. The van der Waals surface area contributed by atoms with Gasteiger partial charge in [-0.3, -0.25) is 23.4 Å². The molecular weight excluding hydrogens is 928 g/mol. The molecule has 0 amide bonds. The largest absolute Gasteiger partial charge is 0.472 e. The monoisotopic (exact) mass is 1030 g/mol. The van der Waals surface area contributed by atoms with Crippen LogP contribution in [0.15, 0.2) is 85.1 Å². The number of allylic oxidation sites excluding steroid dienone is 14. The number of rotatable bonds is 52. The second kappa shape index (κ2) is 53.9. The van der Waals surface area contributed by atoms with Gasteiger partial charge in [0.05, 0.1) is 19.8 Å². The Morgan fingerprint density at radius 3 is 1.18 bits per heavy atom. The maximum atomic E-state index is 12.9. The summed E-state index contributed by atoms with van der Waals surface area (Å²) in [5.74, 6) is -1.56. The van der Waals surface area contributed by atoms with Crippen LogP contribution in [0.3, 0.4) is 0 Å². The number of aliphatic hydroxyl groups is 1. The fraction of sp³-hybridized carbons (Fsp3) is 0.717. The number of hydrogen-bond acceptors (Lipinski definition) is 10. The van der Waals surface area contributed by atoms with Crippen molar-refractivity contribution >= 4 is 25.7 Å². The van der Waals surface area contributed by atoms with Gasteiger partial charge in [0, 0.05) is 19.3 Å². The molecule has 0 aromatic rings. The fourth-order valence-corrected chi connectivity index (χ4v) is 8.22. The van der Waals surface area contributed by atoms with Crippen molar-refractivity contribution in [2.45, 2.75) is 251 Å². The second-order valence-electron chi connectivity index (χ2n) is 18.7. The summed E-state index contributed by atoms with van der Waals surface area (Å²) in [6.07, 6.45) is 61.2. The zero-order valence-electron chi connectivity index (χ0n) is 45.6. The Labute approximate surface area is 439 Å². The molecule has 3 unspecified atom stereocenters. The van der Waals surface area contributed by atoms with Crippen LogP contribution in [0.25, 0.3) is 0 Å². The van der Waals surface area contributed by atoms with E-state index in [1.165, 1.54) is 64.2 Å². The maximum Gasteiger partial charge on any atom is 0.472 e. The summed E-state index contributed by atoms with van der Waals surface area (Å²) in [5, 5.41) is 9.80. The minimum absolute atomic E-state index is 0.142.